The molecule has 0 unspecified atom stereocenters. The molecule has 0 aromatic rings. The van der Waals surface area contributed by atoms with Gasteiger partial charge in [0.05, 0.1) is 0 Å². The average molecular weight is 188 g/mol. The first-order valence-corrected chi connectivity index (χ1v) is 5.51. The van der Waals surface area contributed by atoms with Crippen molar-refractivity contribution in [3.63, 3.8) is 0 Å². The van der Waals surface area contributed by atoms with E-state index in [4.69, 9.17) is 20.7 Å². The van der Waals surface area contributed by atoms with Crippen molar-refractivity contribution in [3.8, 4) is 0 Å². The third kappa shape index (κ3) is 6.64. The van der Waals surface area contributed by atoms with Gasteiger partial charge in [-0.2, -0.15) is 0 Å². The molecule has 0 aliphatic heterocycles. The first-order chi connectivity index (χ1) is 4.45. The Kier molecular flexibility index (Phi) is 4.64. The van der Waals surface area contributed by atoms with Crippen molar-refractivity contribution in [1.29, 1.82) is 0 Å². The summed E-state index contributed by atoms with van der Waals surface area (Å²) in [4.78, 5) is 0. The predicted octanol–water partition coefficient (Wildman–Crippen LogP) is 1.89. The molecule has 0 fully saturated rings. The van der Waals surface area contributed by atoms with E-state index in [0.29, 0.717) is 5.88 Å². The van der Waals surface area contributed by atoms with Crippen LogP contribution in [0, 0.1) is 0 Å². The van der Waals surface area contributed by atoms with Crippen molar-refractivity contribution in [3.05, 3.63) is 0 Å². The lowest BCUT2D eigenvalue weighted by molar-refractivity contribution is 0.462. The first kappa shape index (κ1) is 10.5. The van der Waals surface area contributed by atoms with Gasteiger partial charge in [-0.05, 0) is 13.3 Å². The second-order valence-electron chi connectivity index (χ2n) is 2.33. The molecule has 0 saturated heterocycles. The highest BCUT2D eigenvalue weighted by atomic mass is 35.5. The average Bonchev–Trinajstić information content (AvgIpc) is 1.59. The van der Waals surface area contributed by atoms with Crippen LogP contribution in [0.15, 0.2) is 0 Å². The van der Waals surface area contributed by atoms with E-state index in [1.165, 1.54) is 6.26 Å². The smallest absolute Gasteiger partial charge is 0.0416 e. The van der Waals surface area contributed by atoms with Crippen molar-refractivity contribution in [2.75, 3.05) is 12.1 Å². The molecule has 0 saturated carbocycles. The summed E-state index contributed by atoms with van der Waals surface area (Å²) in [6.45, 7) is 1.86. The summed E-state index contributed by atoms with van der Waals surface area (Å²) in [5, 5.41) is 0. The van der Waals surface area contributed by atoms with Crippen LogP contribution in [-0.4, -0.2) is 27.3 Å². The molecule has 64 valence electrons. The van der Waals surface area contributed by atoms with E-state index >= 15 is 0 Å². The van der Waals surface area contributed by atoms with Gasteiger partial charge in [-0.1, -0.05) is 0 Å². The minimum atomic E-state index is -2.55. The molecule has 0 spiro atoms. The Morgan fingerprint density at radius 2 is 2.10 bits per heavy atom. The molecule has 0 rings (SSSR count). The summed E-state index contributed by atoms with van der Waals surface area (Å²) in [7, 11) is -2.55. The van der Waals surface area contributed by atoms with Crippen molar-refractivity contribution >= 4 is 22.4 Å². The van der Waals surface area contributed by atoms with Crippen LogP contribution >= 0.6 is 22.4 Å². The Morgan fingerprint density at radius 1 is 1.60 bits per heavy atom. The molecule has 0 aliphatic rings. The number of nitrogens with one attached hydrogen (secondary N) is 1. The largest absolute Gasteiger partial charge is 0.286 e. The maximum Gasteiger partial charge on any atom is 0.0416 e. The lowest BCUT2D eigenvalue weighted by atomic mass is 10.3. The summed E-state index contributed by atoms with van der Waals surface area (Å²) in [5.41, 5.74) is 0. The summed E-state index contributed by atoms with van der Waals surface area (Å²) < 4.78 is 20.4. The van der Waals surface area contributed by atoms with E-state index in [1.807, 2.05) is 6.92 Å². The third-order valence-corrected chi connectivity index (χ3v) is 2.03. The molecule has 1 atom stereocenters. The highest BCUT2D eigenvalue weighted by Gasteiger charge is 2.07. The highest BCUT2D eigenvalue weighted by Crippen LogP contribution is 2.28. The summed E-state index contributed by atoms with van der Waals surface area (Å²) in [6.07, 6.45) is 2.10. The minimum Gasteiger partial charge on any atom is -0.286 e. The Morgan fingerprint density at radius 3 is 2.40 bits per heavy atom. The molecule has 0 aromatic heterocycles. The second kappa shape index (κ2) is 4.41. The topological polar surface area (TPSA) is 52.5 Å². The lowest BCUT2D eigenvalue weighted by Crippen LogP contribution is -2.28. The molecule has 0 bridgehead atoms. The van der Waals surface area contributed by atoms with E-state index < -0.39 is 10.8 Å². The number of hydrogen-bond donors (Lipinski definition) is 3. The molecule has 10 heavy (non-hydrogen) atoms. The zero-order valence-corrected chi connectivity index (χ0v) is 7.74. The van der Waals surface area contributed by atoms with Crippen LogP contribution in [0.4, 0.5) is 0 Å². The molecular formula is C5H14ClNO2S. The molecule has 0 heterocycles. The fourth-order valence-electron chi connectivity index (χ4n) is 0.604. The normalized spacial score (nSPS) is 16.9. The van der Waals surface area contributed by atoms with E-state index in [1.54, 1.807) is 0 Å². The number of hydrogen-bond acceptors (Lipinski definition) is 3. The van der Waals surface area contributed by atoms with Gasteiger partial charge in [-0.15, -0.1) is 22.4 Å². The van der Waals surface area contributed by atoms with Crippen LogP contribution in [0.25, 0.3) is 0 Å². The fraction of sp³-hybridized carbons (Fsp3) is 1.00. The molecule has 3 nitrogen and oxygen atoms in total. The number of rotatable bonds is 4. The van der Waals surface area contributed by atoms with Gasteiger partial charge in [0.25, 0.3) is 0 Å². The van der Waals surface area contributed by atoms with Crippen molar-refractivity contribution in [2.45, 2.75) is 19.4 Å². The van der Waals surface area contributed by atoms with E-state index in [0.717, 1.165) is 6.42 Å². The number of halogens is 1. The Balaban J connectivity index is 3.47. The van der Waals surface area contributed by atoms with Crippen LogP contribution in [0.3, 0.4) is 0 Å². The van der Waals surface area contributed by atoms with E-state index in [2.05, 4.69) is 4.72 Å². The maximum absolute atomic E-state index is 8.90. The zero-order chi connectivity index (χ0) is 8.20. The second-order valence-corrected chi connectivity index (χ2v) is 4.61. The first-order valence-electron chi connectivity index (χ1n) is 3.02. The molecule has 3 N–H and O–H groups in total. The molecule has 0 aliphatic carbocycles. The number of alkyl halides is 1. The molecule has 5 heteroatoms. The molecular weight excluding hydrogens is 174 g/mol. The van der Waals surface area contributed by atoms with E-state index in [-0.39, 0.29) is 6.04 Å². The van der Waals surface area contributed by atoms with Gasteiger partial charge in [-0.3, -0.25) is 9.11 Å². The lowest BCUT2D eigenvalue weighted by Gasteiger charge is -2.31. The van der Waals surface area contributed by atoms with Crippen LogP contribution in [0.1, 0.15) is 13.3 Å². The summed E-state index contributed by atoms with van der Waals surface area (Å²) in [5.74, 6) is 0.531. The van der Waals surface area contributed by atoms with Crippen molar-refractivity contribution in [2.24, 2.45) is 0 Å². The van der Waals surface area contributed by atoms with E-state index in [9.17, 15) is 0 Å². The van der Waals surface area contributed by atoms with Gasteiger partial charge in [0.1, 0.15) is 0 Å². The summed E-state index contributed by atoms with van der Waals surface area (Å²) >= 11 is 5.43. The fourth-order valence-corrected chi connectivity index (χ4v) is 1.81. The monoisotopic (exact) mass is 187 g/mol. The van der Waals surface area contributed by atoms with Gasteiger partial charge in [0, 0.05) is 18.2 Å². The van der Waals surface area contributed by atoms with Gasteiger partial charge >= 0.3 is 0 Å². The van der Waals surface area contributed by atoms with Gasteiger partial charge < -0.3 is 0 Å². The predicted molar refractivity (Wildman–Crippen MR) is 46.7 cm³/mol. The Hall–Kier alpha value is 0.520. The van der Waals surface area contributed by atoms with Crippen LogP contribution in [-0.2, 0) is 0 Å². The third-order valence-electron chi connectivity index (χ3n) is 0.967. The van der Waals surface area contributed by atoms with Gasteiger partial charge in [-0.25, -0.2) is 4.72 Å². The van der Waals surface area contributed by atoms with Crippen LogP contribution < -0.4 is 4.72 Å². The Bertz CT molecular complexity index is 96.1. The quantitative estimate of drug-likeness (QED) is 0.590. The van der Waals surface area contributed by atoms with Gasteiger partial charge in [0.15, 0.2) is 0 Å². The standard InChI is InChI=1S/C5H14ClNO2S/c1-5(3-4-6)7-10(2,8)9/h5,7-9H,3-4H2,1-2H3/t5-/m0/s1. The molecule has 0 aromatic carbocycles. The van der Waals surface area contributed by atoms with Crippen LogP contribution in [0.5, 0.6) is 0 Å². The SMILES string of the molecule is C[C@@H](CCCl)NS(C)(O)O. The highest BCUT2D eigenvalue weighted by molar-refractivity contribution is 8.22. The van der Waals surface area contributed by atoms with Crippen molar-refractivity contribution in [1.82, 2.24) is 4.72 Å². The van der Waals surface area contributed by atoms with Crippen molar-refractivity contribution < 1.29 is 9.11 Å². The molecule has 0 radical (unpaired) electrons. The minimum absolute atomic E-state index is 0.0625. The maximum atomic E-state index is 8.90. The zero-order valence-electron chi connectivity index (χ0n) is 6.17. The summed E-state index contributed by atoms with van der Waals surface area (Å²) in [6, 6.07) is 0.0625. The van der Waals surface area contributed by atoms with Gasteiger partial charge in [0.2, 0.25) is 0 Å². The van der Waals surface area contributed by atoms with Crippen LogP contribution in [0.2, 0.25) is 0 Å². The molecule has 0 amide bonds. The Labute approximate surface area is 68.3 Å².